The van der Waals surface area contributed by atoms with Crippen LogP contribution in [0.4, 0.5) is 0 Å². The summed E-state index contributed by atoms with van der Waals surface area (Å²) in [6.07, 6.45) is 9.97. The number of amides is 1. The number of fused-ring (bicyclic) bond motifs is 1. The maximum atomic E-state index is 13.7. The molecule has 2 saturated heterocycles. The molecule has 6 aliphatic rings. The van der Waals surface area contributed by atoms with Crippen LogP contribution in [-0.4, -0.2) is 62.3 Å². The van der Waals surface area contributed by atoms with Crippen LogP contribution < -0.4 is 5.56 Å². The van der Waals surface area contributed by atoms with Gasteiger partial charge in [-0.15, -0.1) is 0 Å². The van der Waals surface area contributed by atoms with Gasteiger partial charge < -0.3 is 10.0 Å². The van der Waals surface area contributed by atoms with Crippen molar-refractivity contribution in [2.75, 3.05) is 19.6 Å². The minimum Gasteiger partial charge on any atom is -0.508 e. The number of hydrogen-bond donors (Lipinski definition) is 2. The standard InChI is InChI=1S/C28H34N4O3/c1-30-15-20(25(34)29-30)26(35)32-14-18-12-27-7-6-22(32)24(18)28(27)8-9-31(13-16-2-3-16)23(27)10-17-4-5-19(33)11-21(17)28/h4-5,11,15-16,18,22-24,33H,2-3,6-10,12-14H2,1H3,(H,29,34)/t18-,22-,23-,24-,27-,28+/m1/s1. The Morgan fingerprint density at radius 3 is 2.86 bits per heavy atom. The van der Waals surface area contributed by atoms with Gasteiger partial charge in [0.05, 0.1) is 0 Å². The summed E-state index contributed by atoms with van der Waals surface area (Å²) in [6, 6.07) is 6.86. The Morgan fingerprint density at radius 1 is 1.23 bits per heavy atom. The Balaban J connectivity index is 1.25. The van der Waals surface area contributed by atoms with E-state index in [1.165, 1.54) is 36.9 Å². The number of H-pyrrole nitrogens is 1. The van der Waals surface area contributed by atoms with Crippen molar-refractivity contribution < 1.29 is 9.90 Å². The molecule has 2 aliphatic heterocycles. The first-order valence-corrected chi connectivity index (χ1v) is 13.5. The summed E-state index contributed by atoms with van der Waals surface area (Å²) in [5.41, 5.74) is 3.03. The second-order valence-corrected chi connectivity index (χ2v) is 12.5. The smallest absolute Gasteiger partial charge is 0.276 e. The minimum absolute atomic E-state index is 0.0236. The van der Waals surface area contributed by atoms with E-state index in [0.29, 0.717) is 23.6 Å². The predicted molar refractivity (Wildman–Crippen MR) is 130 cm³/mol. The third-order valence-corrected chi connectivity index (χ3v) is 11.1. The number of aryl methyl sites for hydroxylation is 1. The monoisotopic (exact) mass is 474 g/mol. The Bertz CT molecular complexity index is 1310. The van der Waals surface area contributed by atoms with Gasteiger partial charge in [0.1, 0.15) is 11.3 Å². The fourth-order valence-electron chi connectivity index (χ4n) is 9.99. The van der Waals surface area contributed by atoms with Gasteiger partial charge in [-0.3, -0.25) is 24.3 Å². The van der Waals surface area contributed by atoms with Crippen molar-refractivity contribution in [3.8, 4) is 5.75 Å². The van der Waals surface area contributed by atoms with Crippen LogP contribution in [0.25, 0.3) is 0 Å². The number of aromatic nitrogens is 2. The molecule has 7 nitrogen and oxygen atoms in total. The Hall–Kier alpha value is -2.54. The number of nitrogens with one attached hydrogen (secondary N) is 1. The molecule has 4 aliphatic carbocycles. The van der Waals surface area contributed by atoms with Crippen LogP contribution in [0.3, 0.4) is 0 Å². The molecule has 4 bridgehead atoms. The summed E-state index contributed by atoms with van der Waals surface area (Å²) in [5.74, 6) is 2.02. The number of benzene rings is 1. The molecule has 3 heterocycles. The fourth-order valence-corrected chi connectivity index (χ4v) is 9.99. The lowest BCUT2D eigenvalue weighted by molar-refractivity contribution is -0.102. The van der Waals surface area contributed by atoms with Crippen LogP contribution in [0.1, 0.15) is 60.0 Å². The van der Waals surface area contributed by atoms with Gasteiger partial charge in [0, 0.05) is 43.8 Å². The predicted octanol–water partition coefficient (Wildman–Crippen LogP) is 2.64. The average Bonchev–Trinajstić information content (AvgIpc) is 3.41. The summed E-state index contributed by atoms with van der Waals surface area (Å²) in [7, 11) is 1.76. The number of aromatic amines is 1. The molecular weight excluding hydrogens is 440 g/mol. The zero-order valence-electron chi connectivity index (χ0n) is 20.4. The molecule has 2 aromatic rings. The fraction of sp³-hybridized carbons (Fsp3) is 0.643. The minimum atomic E-state index is -0.292. The first kappa shape index (κ1) is 20.6. The van der Waals surface area contributed by atoms with E-state index < -0.39 is 0 Å². The highest BCUT2D eigenvalue weighted by Gasteiger charge is 2.76. The van der Waals surface area contributed by atoms with E-state index in [4.69, 9.17) is 0 Å². The molecular formula is C28H34N4O3. The number of hydrogen-bond acceptors (Lipinski definition) is 4. The molecule has 0 radical (unpaired) electrons. The van der Waals surface area contributed by atoms with E-state index in [-0.39, 0.29) is 33.9 Å². The Morgan fingerprint density at radius 2 is 2.09 bits per heavy atom. The molecule has 184 valence electrons. The van der Waals surface area contributed by atoms with E-state index in [9.17, 15) is 14.7 Å². The van der Waals surface area contributed by atoms with E-state index in [1.54, 1.807) is 17.9 Å². The number of rotatable bonds is 3. The van der Waals surface area contributed by atoms with Gasteiger partial charge >= 0.3 is 0 Å². The summed E-state index contributed by atoms with van der Waals surface area (Å²) in [5, 5.41) is 13.3. The number of piperidine rings is 1. The molecule has 1 aromatic carbocycles. The number of aromatic hydroxyl groups is 1. The van der Waals surface area contributed by atoms with Crippen LogP contribution >= 0.6 is 0 Å². The van der Waals surface area contributed by atoms with E-state index in [1.807, 2.05) is 6.07 Å². The highest BCUT2D eigenvalue weighted by Crippen LogP contribution is 2.75. The summed E-state index contributed by atoms with van der Waals surface area (Å²) >= 11 is 0. The first-order valence-electron chi connectivity index (χ1n) is 13.5. The highest BCUT2D eigenvalue weighted by atomic mass is 16.3. The number of likely N-dealkylation sites (tertiary alicyclic amines) is 2. The summed E-state index contributed by atoms with van der Waals surface area (Å²) < 4.78 is 1.58. The van der Waals surface area contributed by atoms with Gasteiger partial charge in [0.25, 0.3) is 11.5 Å². The van der Waals surface area contributed by atoms with Gasteiger partial charge in [-0.1, -0.05) is 6.07 Å². The van der Waals surface area contributed by atoms with Crippen LogP contribution in [-0.2, 0) is 18.9 Å². The summed E-state index contributed by atoms with van der Waals surface area (Å²) in [6.45, 7) is 3.13. The van der Waals surface area contributed by atoms with E-state index in [0.717, 1.165) is 44.7 Å². The number of phenolic OH excluding ortho intramolecular Hbond substituents is 1. The molecule has 1 amide bonds. The lowest BCUT2D eigenvalue weighted by Gasteiger charge is -2.66. The SMILES string of the molecule is Cn1cc(C(=O)N2C[C@H]3C[C@@]45CC[C@@H]2[C@@H]3[C@@]42CCN(CC3CC3)[C@@H]5Cc3ccc(O)cc32)c(=O)[nH]1. The number of phenols is 1. The van der Waals surface area contributed by atoms with Crippen LogP contribution in [0.5, 0.6) is 5.75 Å². The van der Waals surface area contributed by atoms with Gasteiger partial charge in [-0.2, -0.15) is 0 Å². The van der Waals surface area contributed by atoms with Gasteiger partial charge in [0.2, 0.25) is 0 Å². The molecule has 6 atom stereocenters. The lowest BCUT2D eigenvalue weighted by atomic mass is 9.43. The van der Waals surface area contributed by atoms with Crippen LogP contribution in [0, 0.1) is 23.2 Å². The molecule has 0 unspecified atom stereocenters. The second kappa shape index (κ2) is 6.61. The first-order chi connectivity index (χ1) is 16.9. The van der Waals surface area contributed by atoms with Crippen molar-refractivity contribution >= 4 is 5.91 Å². The number of carbonyl (C=O) groups is 1. The van der Waals surface area contributed by atoms with Gasteiger partial charge in [0.15, 0.2) is 0 Å². The molecule has 35 heavy (non-hydrogen) atoms. The maximum Gasteiger partial charge on any atom is 0.276 e. The molecule has 3 saturated carbocycles. The Labute approximate surface area is 205 Å². The van der Waals surface area contributed by atoms with Crippen molar-refractivity contribution in [1.82, 2.24) is 19.6 Å². The zero-order chi connectivity index (χ0) is 23.7. The van der Waals surface area contributed by atoms with Gasteiger partial charge in [-0.05, 0) is 97.9 Å². The van der Waals surface area contributed by atoms with Crippen molar-refractivity contribution in [2.45, 2.75) is 62.4 Å². The lowest BCUT2D eigenvalue weighted by Crippen LogP contribution is -2.70. The second-order valence-electron chi connectivity index (χ2n) is 12.5. The van der Waals surface area contributed by atoms with Crippen molar-refractivity contribution in [2.24, 2.45) is 30.2 Å². The van der Waals surface area contributed by atoms with E-state index in [2.05, 4.69) is 27.0 Å². The largest absolute Gasteiger partial charge is 0.508 e. The van der Waals surface area contributed by atoms with E-state index >= 15 is 0 Å². The topological polar surface area (TPSA) is 81.6 Å². The van der Waals surface area contributed by atoms with Crippen molar-refractivity contribution in [3.05, 3.63) is 51.4 Å². The molecule has 0 spiro atoms. The maximum absolute atomic E-state index is 13.7. The molecule has 7 heteroatoms. The Kier molecular flexibility index (Phi) is 3.90. The van der Waals surface area contributed by atoms with Crippen LogP contribution in [0.15, 0.2) is 29.2 Å². The molecule has 1 aromatic heterocycles. The third kappa shape index (κ3) is 2.45. The molecule has 8 rings (SSSR count). The molecule has 5 fully saturated rings. The summed E-state index contributed by atoms with van der Waals surface area (Å²) in [4.78, 5) is 31.0. The normalized spacial score (nSPS) is 38.9. The number of nitrogens with zero attached hydrogens (tertiary/aromatic N) is 3. The van der Waals surface area contributed by atoms with Crippen LogP contribution in [0.2, 0.25) is 0 Å². The molecule has 2 N–H and O–H groups in total. The third-order valence-electron chi connectivity index (χ3n) is 11.1. The van der Waals surface area contributed by atoms with Crippen molar-refractivity contribution in [3.63, 3.8) is 0 Å². The zero-order valence-corrected chi connectivity index (χ0v) is 20.4. The van der Waals surface area contributed by atoms with Crippen molar-refractivity contribution in [1.29, 1.82) is 0 Å². The number of carbonyl (C=O) groups excluding carboxylic acids is 1. The van der Waals surface area contributed by atoms with Gasteiger partial charge in [-0.25, -0.2) is 0 Å². The highest BCUT2D eigenvalue weighted by molar-refractivity contribution is 5.94. The average molecular weight is 475 g/mol. The quantitative estimate of drug-likeness (QED) is 0.717.